The van der Waals surface area contributed by atoms with Gasteiger partial charge in [0.15, 0.2) is 0 Å². The molecule has 1 aliphatic rings. The van der Waals surface area contributed by atoms with E-state index in [1.54, 1.807) is 18.2 Å². The van der Waals surface area contributed by atoms with Crippen LogP contribution < -0.4 is 11.5 Å². The zero-order valence-corrected chi connectivity index (χ0v) is 20.7. The predicted molar refractivity (Wildman–Crippen MR) is 144 cm³/mol. The molecule has 6 heteroatoms. The Hall–Kier alpha value is -3.16. The van der Waals surface area contributed by atoms with Gasteiger partial charge in [-0.05, 0) is 89.6 Å². The van der Waals surface area contributed by atoms with Crippen molar-refractivity contribution >= 4 is 17.5 Å². The molecule has 0 bridgehead atoms. The molecule has 1 saturated carbocycles. The second kappa shape index (κ2) is 12.2. The standard InChI is InChI=1S/C30H36N2O4/c1-2-20-3-8-22(9-4-20)23-12-14-24(15-13-23)29(35-33)16-7-21-5-10-25(11-6-21)30(36-34)26-17-27(31)19-28(32)18-26/h5-7,10-20,22,29-30,33-34H,2-4,8-9,31-32H2,1H3/b16-7+. The summed E-state index contributed by atoms with van der Waals surface area (Å²) in [5, 5.41) is 19.0. The summed E-state index contributed by atoms with van der Waals surface area (Å²) in [6.07, 6.45) is 8.82. The topological polar surface area (TPSA) is 111 Å². The van der Waals surface area contributed by atoms with Gasteiger partial charge in [-0.2, -0.15) is 0 Å². The van der Waals surface area contributed by atoms with E-state index >= 15 is 0 Å². The van der Waals surface area contributed by atoms with E-state index in [4.69, 9.17) is 21.2 Å². The van der Waals surface area contributed by atoms with Crippen LogP contribution in [0.5, 0.6) is 0 Å². The van der Waals surface area contributed by atoms with E-state index in [1.165, 1.54) is 37.7 Å². The SMILES string of the molecule is CCC1CCC(c2ccc(C(/C=C/c3ccc(C(OO)c4cc(N)cc(N)c4)cc3)OO)cc2)CC1. The van der Waals surface area contributed by atoms with Crippen molar-refractivity contribution in [3.05, 3.63) is 101 Å². The molecule has 0 aliphatic heterocycles. The lowest BCUT2D eigenvalue weighted by Gasteiger charge is -2.28. The van der Waals surface area contributed by atoms with Gasteiger partial charge >= 0.3 is 0 Å². The van der Waals surface area contributed by atoms with E-state index in [0.717, 1.165) is 22.6 Å². The van der Waals surface area contributed by atoms with Crippen molar-refractivity contribution in [1.82, 2.24) is 0 Å². The van der Waals surface area contributed by atoms with Gasteiger partial charge in [-0.1, -0.05) is 68.0 Å². The van der Waals surface area contributed by atoms with Crippen LogP contribution in [0.25, 0.3) is 6.08 Å². The molecule has 190 valence electrons. The molecule has 3 aromatic carbocycles. The zero-order chi connectivity index (χ0) is 25.5. The van der Waals surface area contributed by atoms with E-state index < -0.39 is 12.2 Å². The van der Waals surface area contributed by atoms with Crippen LogP contribution in [0.1, 0.15) is 85.0 Å². The van der Waals surface area contributed by atoms with E-state index in [1.807, 2.05) is 48.6 Å². The molecule has 0 radical (unpaired) electrons. The highest BCUT2D eigenvalue weighted by atomic mass is 17.1. The molecule has 0 aromatic heterocycles. The van der Waals surface area contributed by atoms with Crippen LogP contribution in [0.2, 0.25) is 0 Å². The lowest BCUT2D eigenvalue weighted by atomic mass is 9.78. The Bertz CT molecular complexity index is 1120. The minimum atomic E-state index is -0.710. The lowest BCUT2D eigenvalue weighted by molar-refractivity contribution is -0.270. The highest BCUT2D eigenvalue weighted by Crippen LogP contribution is 2.37. The number of nitrogen functional groups attached to an aromatic ring is 2. The van der Waals surface area contributed by atoms with Gasteiger partial charge in [0.2, 0.25) is 0 Å². The highest BCUT2D eigenvalue weighted by molar-refractivity contribution is 5.56. The van der Waals surface area contributed by atoms with Crippen molar-refractivity contribution in [1.29, 1.82) is 0 Å². The maximum absolute atomic E-state index is 9.54. The van der Waals surface area contributed by atoms with E-state index in [-0.39, 0.29) is 0 Å². The molecule has 1 fully saturated rings. The minimum absolute atomic E-state index is 0.499. The summed E-state index contributed by atoms with van der Waals surface area (Å²) in [6, 6.07) is 21.0. The van der Waals surface area contributed by atoms with E-state index in [9.17, 15) is 10.5 Å². The first-order valence-electron chi connectivity index (χ1n) is 12.6. The minimum Gasteiger partial charge on any atom is -0.399 e. The van der Waals surface area contributed by atoms with Crippen molar-refractivity contribution in [3.8, 4) is 0 Å². The molecule has 6 nitrogen and oxygen atoms in total. The molecule has 2 atom stereocenters. The maximum Gasteiger partial charge on any atom is 0.143 e. The normalized spacial score (nSPS) is 19.9. The van der Waals surface area contributed by atoms with Gasteiger partial charge in [0.25, 0.3) is 0 Å². The number of hydrogen-bond donors (Lipinski definition) is 4. The van der Waals surface area contributed by atoms with E-state index in [2.05, 4.69) is 19.1 Å². The second-order valence-corrected chi connectivity index (χ2v) is 9.76. The Labute approximate surface area is 213 Å². The third kappa shape index (κ3) is 6.33. The average molecular weight is 489 g/mol. The summed E-state index contributed by atoms with van der Waals surface area (Å²) >= 11 is 0. The van der Waals surface area contributed by atoms with Gasteiger partial charge in [-0.3, -0.25) is 10.5 Å². The van der Waals surface area contributed by atoms with Gasteiger partial charge in [-0.25, -0.2) is 9.78 Å². The molecular weight excluding hydrogens is 452 g/mol. The molecular formula is C30H36N2O4. The Morgan fingerprint density at radius 1 is 0.806 bits per heavy atom. The van der Waals surface area contributed by atoms with Crippen LogP contribution in [0, 0.1) is 5.92 Å². The largest absolute Gasteiger partial charge is 0.399 e. The Balaban J connectivity index is 1.42. The molecule has 6 N–H and O–H groups in total. The molecule has 36 heavy (non-hydrogen) atoms. The van der Waals surface area contributed by atoms with Crippen LogP contribution in [0.15, 0.2) is 72.8 Å². The first-order chi connectivity index (χ1) is 17.5. The van der Waals surface area contributed by atoms with Gasteiger partial charge in [0, 0.05) is 11.4 Å². The number of nitrogens with two attached hydrogens (primary N) is 2. The van der Waals surface area contributed by atoms with Crippen molar-refractivity contribution in [2.75, 3.05) is 11.5 Å². The number of hydrogen-bond acceptors (Lipinski definition) is 6. The number of benzene rings is 3. The summed E-state index contributed by atoms with van der Waals surface area (Å²) < 4.78 is 0. The first kappa shape index (κ1) is 25.9. The monoisotopic (exact) mass is 488 g/mol. The molecule has 2 unspecified atom stereocenters. The van der Waals surface area contributed by atoms with Gasteiger partial charge < -0.3 is 11.5 Å². The van der Waals surface area contributed by atoms with Gasteiger partial charge in [0.1, 0.15) is 12.2 Å². The lowest BCUT2D eigenvalue weighted by Crippen LogP contribution is -2.12. The van der Waals surface area contributed by atoms with Crippen molar-refractivity contribution < 1.29 is 20.3 Å². The summed E-state index contributed by atoms with van der Waals surface area (Å²) in [7, 11) is 0. The molecule has 4 rings (SSSR count). The van der Waals surface area contributed by atoms with Crippen LogP contribution in [0.4, 0.5) is 11.4 Å². The molecule has 0 amide bonds. The fourth-order valence-electron chi connectivity index (χ4n) is 5.22. The first-order valence-corrected chi connectivity index (χ1v) is 12.6. The Morgan fingerprint density at radius 2 is 1.42 bits per heavy atom. The molecule has 0 heterocycles. The average Bonchev–Trinajstić information content (AvgIpc) is 2.90. The number of rotatable bonds is 9. The van der Waals surface area contributed by atoms with Crippen molar-refractivity contribution in [2.45, 2.75) is 57.2 Å². The summed E-state index contributed by atoms with van der Waals surface area (Å²) in [5.41, 5.74) is 17.3. The third-order valence-corrected chi connectivity index (χ3v) is 7.38. The van der Waals surface area contributed by atoms with Gasteiger partial charge in [-0.15, -0.1) is 0 Å². The number of anilines is 2. The zero-order valence-electron chi connectivity index (χ0n) is 20.7. The molecule has 0 saturated heterocycles. The maximum atomic E-state index is 9.54. The van der Waals surface area contributed by atoms with Crippen LogP contribution in [0.3, 0.4) is 0 Å². The van der Waals surface area contributed by atoms with Crippen LogP contribution in [-0.2, 0) is 9.78 Å². The van der Waals surface area contributed by atoms with Crippen molar-refractivity contribution in [3.63, 3.8) is 0 Å². The fourth-order valence-corrected chi connectivity index (χ4v) is 5.22. The predicted octanol–water partition coefficient (Wildman–Crippen LogP) is 7.36. The Kier molecular flexibility index (Phi) is 8.78. The van der Waals surface area contributed by atoms with Crippen LogP contribution in [-0.4, -0.2) is 10.5 Å². The highest BCUT2D eigenvalue weighted by Gasteiger charge is 2.21. The van der Waals surface area contributed by atoms with Crippen molar-refractivity contribution in [2.24, 2.45) is 5.92 Å². The quantitative estimate of drug-likeness (QED) is 0.142. The summed E-state index contributed by atoms with van der Waals surface area (Å²) in [6.45, 7) is 2.29. The summed E-state index contributed by atoms with van der Waals surface area (Å²) in [5.74, 6) is 1.50. The summed E-state index contributed by atoms with van der Waals surface area (Å²) in [4.78, 5) is 9.50. The van der Waals surface area contributed by atoms with Crippen LogP contribution >= 0.6 is 0 Å². The Morgan fingerprint density at radius 3 is 1.97 bits per heavy atom. The van der Waals surface area contributed by atoms with E-state index in [0.29, 0.717) is 22.9 Å². The fraction of sp³-hybridized carbons (Fsp3) is 0.333. The second-order valence-electron chi connectivity index (χ2n) is 9.76. The molecule has 3 aromatic rings. The smallest absolute Gasteiger partial charge is 0.143 e. The molecule has 0 spiro atoms. The third-order valence-electron chi connectivity index (χ3n) is 7.38. The molecule has 1 aliphatic carbocycles. The van der Waals surface area contributed by atoms with Gasteiger partial charge in [0.05, 0.1) is 0 Å².